The number of nitrogens with one attached hydrogen (secondary N) is 1. The van der Waals surface area contributed by atoms with Gasteiger partial charge in [-0.05, 0) is 43.4 Å². The monoisotopic (exact) mass is 475 g/mol. The maximum absolute atomic E-state index is 12.8. The standard InChI is InChI=1S/C28H29NO6/c1-5-15(2)26(27(31)32)29-24(30)12-11-19-16(3)20-13-21-23(14-22(20)35-28(19)33)34-17(4)25(21)18-9-7-6-8-10-18/h6-10,13-15,26H,5,11-12H2,1-4H3,(H,29,30)(H,31,32). The van der Waals surface area contributed by atoms with Gasteiger partial charge in [0.2, 0.25) is 5.91 Å². The molecule has 0 saturated carbocycles. The van der Waals surface area contributed by atoms with Gasteiger partial charge < -0.3 is 19.3 Å². The third kappa shape index (κ3) is 4.71. The Bertz CT molecular complexity index is 1460. The Morgan fingerprint density at radius 3 is 2.37 bits per heavy atom. The van der Waals surface area contributed by atoms with Crippen molar-refractivity contribution in [1.82, 2.24) is 5.32 Å². The summed E-state index contributed by atoms with van der Waals surface area (Å²) < 4.78 is 11.6. The fraction of sp³-hybridized carbons (Fsp3) is 0.321. The third-order valence-corrected chi connectivity index (χ3v) is 6.73. The Labute approximate surface area is 202 Å². The maximum Gasteiger partial charge on any atom is 0.339 e. The molecule has 0 aliphatic heterocycles. The fourth-order valence-corrected chi connectivity index (χ4v) is 4.52. The lowest BCUT2D eigenvalue weighted by atomic mass is 9.97. The van der Waals surface area contributed by atoms with E-state index >= 15 is 0 Å². The van der Waals surface area contributed by atoms with Gasteiger partial charge in [-0.15, -0.1) is 0 Å². The number of hydrogen-bond acceptors (Lipinski definition) is 5. The molecular formula is C28H29NO6. The zero-order valence-electron chi connectivity index (χ0n) is 20.3. The highest BCUT2D eigenvalue weighted by atomic mass is 16.4. The molecule has 0 aliphatic carbocycles. The highest BCUT2D eigenvalue weighted by molar-refractivity contribution is 6.03. The predicted molar refractivity (Wildman–Crippen MR) is 135 cm³/mol. The number of aryl methyl sites for hydroxylation is 2. The molecule has 2 heterocycles. The second-order valence-corrected chi connectivity index (χ2v) is 9.01. The van der Waals surface area contributed by atoms with Gasteiger partial charge in [0.05, 0.1) is 0 Å². The van der Waals surface area contributed by atoms with E-state index in [9.17, 15) is 19.5 Å². The summed E-state index contributed by atoms with van der Waals surface area (Å²) >= 11 is 0. The van der Waals surface area contributed by atoms with Gasteiger partial charge in [-0.1, -0.05) is 50.6 Å². The van der Waals surface area contributed by atoms with Crippen LogP contribution < -0.4 is 10.9 Å². The molecule has 0 saturated heterocycles. The molecule has 0 fully saturated rings. The van der Waals surface area contributed by atoms with E-state index in [0.717, 1.165) is 33.2 Å². The zero-order chi connectivity index (χ0) is 25.3. The number of furan rings is 1. The van der Waals surface area contributed by atoms with Crippen molar-refractivity contribution in [2.75, 3.05) is 0 Å². The van der Waals surface area contributed by atoms with Crippen molar-refractivity contribution >= 4 is 33.8 Å². The molecule has 2 atom stereocenters. The van der Waals surface area contributed by atoms with Gasteiger partial charge >= 0.3 is 11.6 Å². The van der Waals surface area contributed by atoms with Crippen molar-refractivity contribution in [3.05, 3.63) is 69.8 Å². The van der Waals surface area contributed by atoms with E-state index in [-0.39, 0.29) is 18.8 Å². The average Bonchev–Trinajstić information content (AvgIpc) is 3.15. The van der Waals surface area contributed by atoms with Crippen LogP contribution in [0.25, 0.3) is 33.1 Å². The number of carbonyl (C=O) groups excluding carboxylic acids is 1. The Kier molecular flexibility index (Phi) is 6.78. The first-order valence-electron chi connectivity index (χ1n) is 11.8. The summed E-state index contributed by atoms with van der Waals surface area (Å²) in [5.74, 6) is -0.914. The quantitative estimate of drug-likeness (QED) is 0.332. The summed E-state index contributed by atoms with van der Waals surface area (Å²) in [7, 11) is 0. The minimum atomic E-state index is -1.07. The highest BCUT2D eigenvalue weighted by Gasteiger charge is 2.25. The van der Waals surface area contributed by atoms with Crippen LogP contribution in [0.3, 0.4) is 0 Å². The molecule has 1 amide bonds. The minimum absolute atomic E-state index is 0.0142. The molecule has 0 aliphatic rings. The summed E-state index contributed by atoms with van der Waals surface area (Å²) in [4.78, 5) is 36.8. The predicted octanol–water partition coefficient (Wildman–Crippen LogP) is 5.37. The first-order chi connectivity index (χ1) is 16.7. The number of hydrogen-bond donors (Lipinski definition) is 2. The molecule has 0 spiro atoms. The van der Waals surface area contributed by atoms with E-state index in [2.05, 4.69) is 5.32 Å². The van der Waals surface area contributed by atoms with Gasteiger partial charge in [0, 0.05) is 34.4 Å². The smallest absolute Gasteiger partial charge is 0.339 e. The summed E-state index contributed by atoms with van der Waals surface area (Å²) in [5, 5.41) is 13.7. The Morgan fingerprint density at radius 1 is 1.03 bits per heavy atom. The molecular weight excluding hydrogens is 446 g/mol. The molecule has 7 nitrogen and oxygen atoms in total. The molecule has 4 aromatic rings. The number of amides is 1. The number of rotatable bonds is 8. The Balaban J connectivity index is 1.68. The van der Waals surface area contributed by atoms with E-state index in [1.165, 1.54) is 0 Å². The van der Waals surface area contributed by atoms with E-state index in [1.54, 1.807) is 13.0 Å². The number of benzene rings is 2. The van der Waals surface area contributed by atoms with E-state index < -0.39 is 23.5 Å². The van der Waals surface area contributed by atoms with E-state index in [0.29, 0.717) is 23.2 Å². The largest absolute Gasteiger partial charge is 0.480 e. The third-order valence-electron chi connectivity index (χ3n) is 6.73. The topological polar surface area (TPSA) is 110 Å². The second kappa shape index (κ2) is 9.78. The zero-order valence-corrected chi connectivity index (χ0v) is 20.3. The number of aliphatic carboxylic acids is 1. The van der Waals surface area contributed by atoms with Gasteiger partial charge in [0.25, 0.3) is 0 Å². The van der Waals surface area contributed by atoms with Crippen molar-refractivity contribution < 1.29 is 23.5 Å². The van der Waals surface area contributed by atoms with Gasteiger partial charge in [-0.2, -0.15) is 0 Å². The normalized spacial score (nSPS) is 13.1. The van der Waals surface area contributed by atoms with Crippen LogP contribution >= 0.6 is 0 Å². The van der Waals surface area contributed by atoms with Crippen LogP contribution in [-0.4, -0.2) is 23.0 Å². The lowest BCUT2D eigenvalue weighted by Gasteiger charge is -2.20. The van der Waals surface area contributed by atoms with Gasteiger partial charge in [-0.3, -0.25) is 4.79 Å². The molecule has 4 rings (SSSR count). The molecule has 2 N–H and O–H groups in total. The summed E-state index contributed by atoms with van der Waals surface area (Å²) in [5.41, 5.74) is 3.70. The first kappa shape index (κ1) is 24.3. The van der Waals surface area contributed by atoms with Gasteiger partial charge in [-0.25, -0.2) is 9.59 Å². The van der Waals surface area contributed by atoms with E-state index in [1.807, 2.05) is 57.2 Å². The fourth-order valence-electron chi connectivity index (χ4n) is 4.52. The van der Waals surface area contributed by atoms with Gasteiger partial charge in [0.15, 0.2) is 0 Å². The number of carbonyl (C=O) groups is 2. The lowest BCUT2D eigenvalue weighted by Crippen LogP contribution is -2.45. The van der Waals surface area contributed by atoms with Crippen molar-refractivity contribution in [3.63, 3.8) is 0 Å². The molecule has 2 aromatic heterocycles. The van der Waals surface area contributed by atoms with Crippen molar-refractivity contribution in [3.8, 4) is 11.1 Å². The van der Waals surface area contributed by atoms with Crippen LogP contribution in [0.5, 0.6) is 0 Å². The van der Waals surface area contributed by atoms with Crippen LogP contribution in [0.15, 0.2) is 56.1 Å². The molecule has 2 aromatic carbocycles. The van der Waals surface area contributed by atoms with Crippen LogP contribution in [0.1, 0.15) is 43.6 Å². The summed E-state index contributed by atoms with van der Waals surface area (Å²) in [6.45, 7) is 7.40. The molecule has 35 heavy (non-hydrogen) atoms. The lowest BCUT2D eigenvalue weighted by molar-refractivity contribution is -0.143. The second-order valence-electron chi connectivity index (χ2n) is 9.01. The van der Waals surface area contributed by atoms with Crippen molar-refractivity contribution in [1.29, 1.82) is 0 Å². The molecule has 182 valence electrons. The number of carboxylic acid groups (broad SMARTS) is 1. The summed E-state index contributed by atoms with van der Waals surface area (Å²) in [6, 6.07) is 12.7. The van der Waals surface area contributed by atoms with Crippen LogP contribution in [-0.2, 0) is 16.0 Å². The number of fused-ring (bicyclic) bond motifs is 2. The van der Waals surface area contributed by atoms with Crippen LogP contribution in [0.2, 0.25) is 0 Å². The first-order valence-corrected chi connectivity index (χ1v) is 11.8. The maximum atomic E-state index is 12.8. The van der Waals surface area contributed by atoms with Crippen LogP contribution in [0.4, 0.5) is 0 Å². The molecule has 7 heteroatoms. The SMILES string of the molecule is CCC(C)C(NC(=O)CCc1c(C)c2cc3c(-c4ccccc4)c(C)oc3cc2oc1=O)C(=O)O. The van der Waals surface area contributed by atoms with E-state index in [4.69, 9.17) is 8.83 Å². The van der Waals surface area contributed by atoms with Gasteiger partial charge in [0.1, 0.15) is 23.0 Å². The Morgan fingerprint density at radius 2 is 1.71 bits per heavy atom. The van der Waals surface area contributed by atoms with Crippen molar-refractivity contribution in [2.45, 2.75) is 53.0 Å². The molecule has 2 unspecified atom stereocenters. The minimum Gasteiger partial charge on any atom is -0.480 e. The summed E-state index contributed by atoms with van der Waals surface area (Å²) in [6.07, 6.45) is 0.758. The molecule has 0 radical (unpaired) electrons. The van der Waals surface area contributed by atoms with Crippen molar-refractivity contribution in [2.24, 2.45) is 5.92 Å². The molecule has 0 bridgehead atoms. The average molecular weight is 476 g/mol. The Hall–Kier alpha value is -3.87. The van der Waals surface area contributed by atoms with Crippen LogP contribution in [0, 0.1) is 19.8 Å². The number of carboxylic acids is 1. The highest BCUT2D eigenvalue weighted by Crippen LogP contribution is 2.37.